The van der Waals surface area contributed by atoms with E-state index in [0.29, 0.717) is 6.04 Å². The molecular formula is C9H17NS. The second-order valence-corrected chi connectivity index (χ2v) is 3.80. The molecule has 0 aromatic carbocycles. The van der Waals surface area contributed by atoms with Crippen molar-refractivity contribution in [3.05, 3.63) is 18.4 Å². The van der Waals surface area contributed by atoms with E-state index >= 15 is 0 Å². The van der Waals surface area contributed by atoms with Crippen LogP contribution in [0.15, 0.2) is 18.4 Å². The third kappa shape index (κ3) is 9.83. The van der Waals surface area contributed by atoms with Gasteiger partial charge in [0.05, 0.1) is 0 Å². The molecule has 0 amide bonds. The molecule has 64 valence electrons. The second-order valence-electron chi connectivity index (χ2n) is 2.58. The van der Waals surface area contributed by atoms with Gasteiger partial charge in [-0.1, -0.05) is 6.58 Å². The maximum atomic E-state index is 5.59. The van der Waals surface area contributed by atoms with E-state index in [1.54, 1.807) is 0 Å². The largest absolute Gasteiger partial charge is 0.328 e. The first-order valence-corrected chi connectivity index (χ1v) is 5.10. The van der Waals surface area contributed by atoms with E-state index < -0.39 is 0 Å². The van der Waals surface area contributed by atoms with Crippen LogP contribution in [-0.4, -0.2) is 17.5 Å². The summed E-state index contributed by atoms with van der Waals surface area (Å²) in [4.78, 5) is 0. The van der Waals surface area contributed by atoms with Crippen LogP contribution in [0.5, 0.6) is 0 Å². The smallest absolute Gasteiger partial charge is 0.00183 e. The van der Waals surface area contributed by atoms with Crippen LogP contribution in [0.2, 0.25) is 0 Å². The predicted molar refractivity (Wildman–Crippen MR) is 53.9 cm³/mol. The lowest BCUT2D eigenvalue weighted by atomic mass is 10.3. The van der Waals surface area contributed by atoms with Crippen molar-refractivity contribution >= 4 is 11.8 Å². The van der Waals surface area contributed by atoms with Crippen LogP contribution in [0.1, 0.15) is 19.8 Å². The lowest BCUT2D eigenvalue weighted by molar-refractivity contribution is 0.721. The Balaban J connectivity index is 2.96. The zero-order valence-corrected chi connectivity index (χ0v) is 7.99. The zero-order valence-electron chi connectivity index (χ0n) is 7.18. The molecule has 0 bridgehead atoms. The van der Waals surface area contributed by atoms with Crippen molar-refractivity contribution in [3.8, 4) is 0 Å². The zero-order chi connectivity index (χ0) is 8.53. The number of hydrogen-bond donors (Lipinski definition) is 1. The Hall–Kier alpha value is -0.170. The van der Waals surface area contributed by atoms with Crippen LogP contribution in [0.4, 0.5) is 0 Å². The lowest BCUT2D eigenvalue weighted by Gasteiger charge is -2.02. The van der Waals surface area contributed by atoms with Gasteiger partial charge in [0.15, 0.2) is 0 Å². The number of hydrogen-bond acceptors (Lipinski definition) is 2. The summed E-state index contributed by atoms with van der Waals surface area (Å²) >= 11 is 1.94. The van der Waals surface area contributed by atoms with Gasteiger partial charge >= 0.3 is 0 Å². The quantitative estimate of drug-likeness (QED) is 0.490. The molecule has 0 aromatic heterocycles. The van der Waals surface area contributed by atoms with Gasteiger partial charge in [0.1, 0.15) is 0 Å². The van der Waals surface area contributed by atoms with Crippen molar-refractivity contribution in [2.75, 3.05) is 11.5 Å². The van der Waals surface area contributed by atoms with Gasteiger partial charge in [-0.05, 0) is 37.3 Å². The van der Waals surface area contributed by atoms with Crippen LogP contribution < -0.4 is 5.73 Å². The van der Waals surface area contributed by atoms with Gasteiger partial charge < -0.3 is 5.73 Å². The maximum Gasteiger partial charge on any atom is 0.00183 e. The number of thioether (sulfide) groups is 1. The predicted octanol–water partition coefficient (Wildman–Crippen LogP) is 2.19. The highest BCUT2D eigenvalue weighted by atomic mass is 32.2. The topological polar surface area (TPSA) is 26.0 Å². The number of rotatable bonds is 6. The summed E-state index contributed by atoms with van der Waals surface area (Å²) in [5.41, 5.74) is 8.34. The van der Waals surface area contributed by atoms with Gasteiger partial charge in [-0.25, -0.2) is 0 Å². The first-order valence-electron chi connectivity index (χ1n) is 3.95. The Morgan fingerprint density at radius 3 is 2.91 bits per heavy atom. The van der Waals surface area contributed by atoms with Gasteiger partial charge in [-0.2, -0.15) is 11.8 Å². The molecule has 0 spiro atoms. The molecule has 0 aliphatic rings. The molecule has 0 rings (SSSR count). The first kappa shape index (κ1) is 10.8. The normalized spacial score (nSPS) is 12.2. The monoisotopic (exact) mass is 171 g/mol. The molecule has 2 N–H and O–H groups in total. The molecule has 1 nitrogen and oxygen atoms in total. The van der Waals surface area contributed by atoms with E-state index in [2.05, 4.69) is 12.3 Å². The molecule has 0 heterocycles. The average molecular weight is 171 g/mol. The molecule has 1 unspecified atom stereocenters. The van der Waals surface area contributed by atoms with Crippen molar-refractivity contribution in [1.82, 2.24) is 0 Å². The fourth-order valence-electron chi connectivity index (χ4n) is 0.616. The minimum Gasteiger partial charge on any atom is -0.328 e. The fourth-order valence-corrected chi connectivity index (χ4v) is 1.64. The van der Waals surface area contributed by atoms with Crippen molar-refractivity contribution in [2.24, 2.45) is 5.73 Å². The van der Waals surface area contributed by atoms with E-state index in [1.165, 1.54) is 5.75 Å². The highest BCUT2D eigenvalue weighted by molar-refractivity contribution is 7.99. The van der Waals surface area contributed by atoms with Gasteiger partial charge in [0.2, 0.25) is 0 Å². The summed E-state index contributed by atoms with van der Waals surface area (Å²) in [5, 5.41) is 0. The second kappa shape index (κ2) is 7.93. The average Bonchev–Trinajstić information content (AvgIpc) is 1.96. The summed E-state index contributed by atoms with van der Waals surface area (Å²) in [5.74, 6) is 2.33. The third-order valence-corrected chi connectivity index (χ3v) is 2.32. The molecule has 0 radical (unpaired) electrons. The molecule has 0 aromatic rings. The van der Waals surface area contributed by atoms with Crippen molar-refractivity contribution in [1.29, 1.82) is 0 Å². The molecule has 1 atom stereocenters. The minimum absolute atomic E-state index is 0.345. The molecule has 11 heavy (non-hydrogen) atoms. The Bertz CT molecular complexity index is 126. The summed E-state index contributed by atoms with van der Waals surface area (Å²) < 4.78 is 0. The summed E-state index contributed by atoms with van der Waals surface area (Å²) in [7, 11) is 0. The standard InChI is InChI=1S/C9H17NS/c1-3-4-5-7-11-8-6-9(2)10/h4,9H,1,5-8,10H2,2H3. The molecule has 2 heteroatoms. The third-order valence-electron chi connectivity index (χ3n) is 1.27. The van der Waals surface area contributed by atoms with Crippen molar-refractivity contribution in [2.45, 2.75) is 25.8 Å². The SMILES string of the molecule is C=C=CCCSCCC(C)N. The Labute approximate surface area is 73.7 Å². The van der Waals surface area contributed by atoms with Crippen LogP contribution in [0.3, 0.4) is 0 Å². The number of nitrogens with two attached hydrogens (primary N) is 1. The van der Waals surface area contributed by atoms with Gasteiger partial charge in [-0.3, -0.25) is 0 Å². The highest BCUT2D eigenvalue weighted by Gasteiger charge is 1.92. The molecular weight excluding hydrogens is 154 g/mol. The molecule has 0 fully saturated rings. The van der Waals surface area contributed by atoms with Crippen LogP contribution in [0, 0.1) is 0 Å². The molecule has 0 aliphatic carbocycles. The Morgan fingerprint density at radius 2 is 2.36 bits per heavy atom. The van der Waals surface area contributed by atoms with E-state index in [1.807, 2.05) is 24.8 Å². The van der Waals surface area contributed by atoms with Gasteiger partial charge in [0, 0.05) is 6.04 Å². The van der Waals surface area contributed by atoms with Crippen LogP contribution in [-0.2, 0) is 0 Å². The van der Waals surface area contributed by atoms with E-state index in [-0.39, 0.29) is 0 Å². The van der Waals surface area contributed by atoms with Gasteiger partial charge in [-0.15, -0.1) is 5.73 Å². The van der Waals surface area contributed by atoms with Crippen molar-refractivity contribution < 1.29 is 0 Å². The molecule has 0 aliphatic heterocycles. The Kier molecular flexibility index (Phi) is 7.81. The Morgan fingerprint density at radius 1 is 1.64 bits per heavy atom. The lowest BCUT2D eigenvalue weighted by Crippen LogP contribution is -2.15. The van der Waals surface area contributed by atoms with Crippen molar-refractivity contribution in [3.63, 3.8) is 0 Å². The summed E-state index contributed by atoms with van der Waals surface area (Å²) in [6, 6.07) is 0.345. The maximum absolute atomic E-state index is 5.59. The highest BCUT2D eigenvalue weighted by Crippen LogP contribution is 2.05. The van der Waals surface area contributed by atoms with Crippen LogP contribution >= 0.6 is 11.8 Å². The van der Waals surface area contributed by atoms with E-state index in [0.717, 1.165) is 18.6 Å². The van der Waals surface area contributed by atoms with E-state index in [4.69, 9.17) is 5.73 Å². The molecule has 0 saturated carbocycles. The molecule has 0 saturated heterocycles. The number of allylic oxidation sites excluding steroid dienone is 1. The first-order chi connectivity index (χ1) is 5.27. The van der Waals surface area contributed by atoms with Crippen LogP contribution in [0.25, 0.3) is 0 Å². The van der Waals surface area contributed by atoms with Gasteiger partial charge in [0.25, 0.3) is 0 Å². The van der Waals surface area contributed by atoms with E-state index in [9.17, 15) is 0 Å². The minimum atomic E-state index is 0.345. The fraction of sp³-hybridized carbons (Fsp3) is 0.667. The summed E-state index contributed by atoms with van der Waals surface area (Å²) in [6.45, 7) is 5.54. The summed E-state index contributed by atoms with van der Waals surface area (Å²) in [6.07, 6.45) is 4.16.